The summed E-state index contributed by atoms with van der Waals surface area (Å²) in [4.78, 5) is 0. The van der Waals surface area contributed by atoms with Gasteiger partial charge < -0.3 is 17.0 Å². The van der Waals surface area contributed by atoms with E-state index in [1.807, 2.05) is 0 Å². The van der Waals surface area contributed by atoms with Crippen molar-refractivity contribution in [3.05, 3.63) is 5.92 Å². The summed E-state index contributed by atoms with van der Waals surface area (Å²) in [5.41, 5.74) is 0. The van der Waals surface area contributed by atoms with E-state index in [1.54, 1.807) is 0 Å². The topological polar surface area (TPSA) is 0 Å². The van der Waals surface area contributed by atoms with Gasteiger partial charge in [-0.2, -0.15) is 13.8 Å². The van der Waals surface area contributed by atoms with Crippen LogP contribution in [0, 0.1) is 5.92 Å². The minimum absolute atomic E-state index is 0. The second-order valence-electron chi connectivity index (χ2n) is 1.50. The third-order valence-corrected chi connectivity index (χ3v) is 0.567. The average Bonchev–Trinajstić information content (AvgIpc) is 1.31. The van der Waals surface area contributed by atoms with Crippen LogP contribution < -0.4 is 17.0 Å². The minimum Gasteiger partial charge on any atom is -1.00 e. The Kier molecular flexibility index (Phi) is 10.7. The zero-order valence-corrected chi connectivity index (χ0v) is 8.22. The first-order chi connectivity index (χ1) is 2.94. The molecule has 0 aromatic rings. The minimum atomic E-state index is -4.08. The largest absolute Gasteiger partial charge is 2.00 e. The van der Waals surface area contributed by atoms with Crippen LogP contribution in [0.25, 0.3) is 0 Å². The summed E-state index contributed by atoms with van der Waals surface area (Å²) >= 11 is 0. The molecule has 0 saturated heterocycles. The molecule has 52 valence electrons. The van der Waals surface area contributed by atoms with Crippen LogP contribution in [-0.4, -0.2) is 29.2 Å². The van der Waals surface area contributed by atoms with Crippen LogP contribution in [0.2, 0.25) is 0 Å². The maximum absolute atomic E-state index is 11.1. The van der Waals surface area contributed by atoms with Crippen molar-refractivity contribution >= 4 is 23.1 Å². The van der Waals surface area contributed by atoms with E-state index < -0.39 is 12.1 Å². The molecular weight excluding hydrogens is 209 g/mol. The first kappa shape index (κ1) is 16.6. The molecule has 0 N–H and O–H groups in total. The SMILES string of the molecule is C[C-](C)C(F)(F)F.[Br-].[Mg+2]. The quantitative estimate of drug-likeness (QED) is 0.351. The van der Waals surface area contributed by atoms with Crippen molar-refractivity contribution in [3.63, 3.8) is 0 Å². The van der Waals surface area contributed by atoms with Crippen molar-refractivity contribution in [1.29, 1.82) is 0 Å². The Bertz CT molecular complexity index is 61.3. The van der Waals surface area contributed by atoms with Gasteiger partial charge in [-0.1, -0.05) is 0 Å². The molecule has 0 spiro atoms. The molecule has 0 aromatic carbocycles. The van der Waals surface area contributed by atoms with Crippen LogP contribution >= 0.6 is 0 Å². The van der Waals surface area contributed by atoms with Crippen LogP contribution in [0.5, 0.6) is 0 Å². The Morgan fingerprint density at radius 2 is 1.22 bits per heavy atom. The van der Waals surface area contributed by atoms with Crippen molar-refractivity contribution in [3.8, 4) is 0 Å². The number of hydrogen-bond acceptors (Lipinski definition) is 0. The molecule has 0 aliphatic heterocycles. The fourth-order valence-electron chi connectivity index (χ4n) is 0. The molecular formula is C4H6BrF3Mg. The third-order valence-electron chi connectivity index (χ3n) is 0.567. The molecule has 0 saturated carbocycles. The van der Waals surface area contributed by atoms with E-state index in [0.717, 1.165) is 13.8 Å². The molecule has 0 amide bonds. The summed E-state index contributed by atoms with van der Waals surface area (Å²) in [5, 5.41) is 0. The average molecular weight is 215 g/mol. The maximum Gasteiger partial charge on any atom is 2.00 e. The molecule has 9 heavy (non-hydrogen) atoms. The van der Waals surface area contributed by atoms with E-state index in [-0.39, 0.29) is 40.0 Å². The predicted octanol–water partition coefficient (Wildman–Crippen LogP) is -1.21. The number of halogens is 4. The van der Waals surface area contributed by atoms with Crippen LogP contribution in [0.1, 0.15) is 13.8 Å². The molecule has 0 heterocycles. The molecule has 0 fully saturated rings. The van der Waals surface area contributed by atoms with Crippen molar-refractivity contribution in [1.82, 2.24) is 0 Å². The van der Waals surface area contributed by atoms with E-state index in [4.69, 9.17) is 0 Å². The summed E-state index contributed by atoms with van der Waals surface area (Å²) in [5.74, 6) is -0.507. The molecule has 0 aliphatic carbocycles. The summed E-state index contributed by atoms with van der Waals surface area (Å²) in [6.45, 7) is 2.08. The Balaban J connectivity index is -0.000000180. The summed E-state index contributed by atoms with van der Waals surface area (Å²) in [6, 6.07) is 0. The van der Waals surface area contributed by atoms with Gasteiger partial charge in [-0.3, -0.25) is 0 Å². The molecule has 0 nitrogen and oxygen atoms in total. The Morgan fingerprint density at radius 1 is 1.11 bits per heavy atom. The van der Waals surface area contributed by atoms with Gasteiger partial charge in [-0.15, -0.1) is 0 Å². The van der Waals surface area contributed by atoms with Crippen molar-refractivity contribution in [2.45, 2.75) is 20.0 Å². The van der Waals surface area contributed by atoms with Gasteiger partial charge in [-0.05, 0) is 0 Å². The monoisotopic (exact) mass is 214 g/mol. The summed E-state index contributed by atoms with van der Waals surface area (Å²) in [7, 11) is 0. The number of hydrogen-bond donors (Lipinski definition) is 0. The Morgan fingerprint density at radius 3 is 1.22 bits per heavy atom. The van der Waals surface area contributed by atoms with Crippen LogP contribution in [0.3, 0.4) is 0 Å². The first-order valence-electron chi connectivity index (χ1n) is 1.82. The molecule has 0 radical (unpaired) electrons. The zero-order chi connectivity index (χ0) is 6.08. The number of rotatable bonds is 0. The van der Waals surface area contributed by atoms with Gasteiger partial charge >= 0.3 is 23.1 Å². The first-order valence-corrected chi connectivity index (χ1v) is 1.82. The third kappa shape index (κ3) is 9.04. The molecule has 0 aliphatic rings. The van der Waals surface area contributed by atoms with Gasteiger partial charge in [0.15, 0.2) is 0 Å². The molecule has 0 bridgehead atoms. The second kappa shape index (κ2) is 5.79. The van der Waals surface area contributed by atoms with Gasteiger partial charge in [0.25, 0.3) is 6.18 Å². The summed E-state index contributed by atoms with van der Waals surface area (Å²) < 4.78 is 33.4. The molecule has 0 atom stereocenters. The van der Waals surface area contributed by atoms with Gasteiger partial charge in [0.1, 0.15) is 0 Å². The zero-order valence-electron chi connectivity index (χ0n) is 5.22. The second-order valence-corrected chi connectivity index (χ2v) is 1.50. The van der Waals surface area contributed by atoms with E-state index in [1.165, 1.54) is 0 Å². The molecule has 5 heteroatoms. The smallest absolute Gasteiger partial charge is 1.00 e. The Hall–Kier alpha value is 1.04. The standard InChI is InChI=1S/C4H6F3.BrH.Mg/c1-3(2)4(5,6)7;;/h1-2H3;1H;/q-1;;+2/p-1. The normalized spacial score (nSPS) is 10.0. The van der Waals surface area contributed by atoms with Gasteiger partial charge in [0.05, 0.1) is 0 Å². The van der Waals surface area contributed by atoms with Crippen molar-refractivity contribution < 1.29 is 30.2 Å². The van der Waals surface area contributed by atoms with E-state index in [2.05, 4.69) is 0 Å². The predicted molar refractivity (Wildman–Crippen MR) is 26.4 cm³/mol. The van der Waals surface area contributed by atoms with E-state index in [9.17, 15) is 13.2 Å². The fourth-order valence-corrected chi connectivity index (χ4v) is 0. The maximum atomic E-state index is 11.1. The summed E-state index contributed by atoms with van der Waals surface area (Å²) in [6.07, 6.45) is -4.08. The Labute approximate surface area is 79.1 Å². The number of alkyl halides is 3. The van der Waals surface area contributed by atoms with Crippen LogP contribution in [0.15, 0.2) is 0 Å². The van der Waals surface area contributed by atoms with Crippen molar-refractivity contribution in [2.75, 3.05) is 0 Å². The van der Waals surface area contributed by atoms with Gasteiger partial charge in [0.2, 0.25) is 0 Å². The molecule has 0 rings (SSSR count). The van der Waals surface area contributed by atoms with Gasteiger partial charge in [-0.25, -0.2) is 19.1 Å². The van der Waals surface area contributed by atoms with Crippen LogP contribution in [0.4, 0.5) is 13.2 Å². The van der Waals surface area contributed by atoms with Gasteiger partial charge in [0, 0.05) is 0 Å². The molecule has 0 unspecified atom stereocenters. The van der Waals surface area contributed by atoms with Crippen molar-refractivity contribution in [2.24, 2.45) is 0 Å². The van der Waals surface area contributed by atoms with Crippen LogP contribution in [-0.2, 0) is 0 Å². The molecule has 0 aromatic heterocycles. The fraction of sp³-hybridized carbons (Fsp3) is 0.750. The van der Waals surface area contributed by atoms with E-state index in [0.29, 0.717) is 0 Å². The van der Waals surface area contributed by atoms with E-state index >= 15 is 0 Å².